The molecular weight excluding hydrogens is 573 g/mol. The molecule has 0 bridgehead atoms. The molecule has 1 amide bonds. The summed E-state index contributed by atoms with van der Waals surface area (Å²) in [5.41, 5.74) is 1.24. The second kappa shape index (κ2) is 15.0. The fraction of sp³-hybridized carbons (Fsp3) is 0.429. The number of rotatable bonds is 13. The van der Waals surface area contributed by atoms with E-state index in [9.17, 15) is 14.0 Å². The third-order valence-corrected chi connectivity index (χ3v) is 7.23. The van der Waals surface area contributed by atoms with Crippen LogP contribution in [-0.4, -0.2) is 90.3 Å². The first-order valence-corrected chi connectivity index (χ1v) is 15.0. The third-order valence-electron chi connectivity index (χ3n) is 6.59. The molecular formula is C28H33ClFN5O5S. The quantitative estimate of drug-likeness (QED) is 0.167. The standard InChI is InChI=1S/C28H33ClFN5O5S/c1-38-24-16-23-20(28(32-17-31-23)33-19-4-5-22(30)21(29)14-19)15-25(24)39-13-3-8-34-9-11-35(12-10-34)26(36)6-7-27(37)40-18-41-2/h4-5,14-17H,3,6-13,18H2,1-2H3,(H,31,32,33). The smallest absolute Gasteiger partial charge is 0.307 e. The maximum Gasteiger partial charge on any atom is 0.307 e. The minimum atomic E-state index is -0.499. The number of nitrogens with zero attached hydrogens (tertiary/aromatic N) is 4. The van der Waals surface area contributed by atoms with Crippen molar-refractivity contribution in [3.8, 4) is 11.5 Å². The number of ether oxygens (including phenoxy) is 3. The van der Waals surface area contributed by atoms with Gasteiger partial charge in [-0.25, -0.2) is 14.4 Å². The van der Waals surface area contributed by atoms with Gasteiger partial charge in [-0.2, -0.15) is 0 Å². The number of anilines is 2. The lowest BCUT2D eigenvalue weighted by atomic mass is 10.2. The van der Waals surface area contributed by atoms with E-state index in [1.54, 1.807) is 19.2 Å². The highest BCUT2D eigenvalue weighted by molar-refractivity contribution is 7.98. The number of fused-ring (bicyclic) bond motifs is 1. The van der Waals surface area contributed by atoms with E-state index in [0.29, 0.717) is 59.5 Å². The van der Waals surface area contributed by atoms with Crippen LogP contribution in [0.25, 0.3) is 10.9 Å². The molecule has 1 fully saturated rings. The van der Waals surface area contributed by atoms with Crippen LogP contribution in [0.15, 0.2) is 36.7 Å². The summed E-state index contributed by atoms with van der Waals surface area (Å²) in [6.45, 7) is 4.08. The lowest BCUT2D eigenvalue weighted by Crippen LogP contribution is -2.49. The molecule has 220 valence electrons. The van der Waals surface area contributed by atoms with Gasteiger partial charge in [0.05, 0.1) is 30.7 Å². The van der Waals surface area contributed by atoms with E-state index in [0.717, 1.165) is 26.1 Å². The lowest BCUT2D eigenvalue weighted by Gasteiger charge is -2.34. The molecule has 4 rings (SSSR count). The predicted octanol–water partition coefficient (Wildman–Crippen LogP) is 4.73. The van der Waals surface area contributed by atoms with Gasteiger partial charge < -0.3 is 24.4 Å². The molecule has 3 aromatic rings. The molecule has 13 heteroatoms. The fourth-order valence-electron chi connectivity index (χ4n) is 4.40. The summed E-state index contributed by atoms with van der Waals surface area (Å²) in [5, 5.41) is 3.89. The van der Waals surface area contributed by atoms with Gasteiger partial charge in [0.1, 0.15) is 23.9 Å². The molecule has 0 atom stereocenters. The van der Waals surface area contributed by atoms with Crippen LogP contribution in [0.1, 0.15) is 19.3 Å². The number of aromatic nitrogens is 2. The molecule has 41 heavy (non-hydrogen) atoms. The van der Waals surface area contributed by atoms with Crippen molar-refractivity contribution in [3.63, 3.8) is 0 Å². The van der Waals surface area contributed by atoms with Gasteiger partial charge in [0.2, 0.25) is 5.91 Å². The third kappa shape index (κ3) is 8.57. The van der Waals surface area contributed by atoms with E-state index in [-0.39, 0.29) is 29.7 Å². The second-order valence-electron chi connectivity index (χ2n) is 9.34. The Morgan fingerprint density at radius 3 is 2.63 bits per heavy atom. The van der Waals surface area contributed by atoms with E-state index in [1.165, 1.54) is 30.2 Å². The number of hydrogen-bond acceptors (Lipinski definition) is 10. The first kappa shape index (κ1) is 30.6. The number of benzene rings is 2. The summed E-state index contributed by atoms with van der Waals surface area (Å²) in [7, 11) is 1.57. The molecule has 0 aliphatic carbocycles. The molecule has 0 spiro atoms. The van der Waals surface area contributed by atoms with Crippen LogP contribution in [0.4, 0.5) is 15.9 Å². The Kier molecular flexibility index (Phi) is 11.2. The topological polar surface area (TPSA) is 106 Å². The van der Waals surface area contributed by atoms with Crippen LogP contribution >= 0.6 is 23.4 Å². The molecule has 1 aromatic heterocycles. The lowest BCUT2D eigenvalue weighted by molar-refractivity contribution is -0.144. The molecule has 1 aliphatic heterocycles. The SMILES string of the molecule is COc1cc2ncnc(Nc3ccc(F)c(Cl)c3)c2cc1OCCCN1CCN(C(=O)CCC(=O)OCSC)CC1. The Morgan fingerprint density at radius 2 is 1.90 bits per heavy atom. The van der Waals surface area contributed by atoms with E-state index < -0.39 is 5.82 Å². The number of thioether (sulfide) groups is 1. The van der Waals surface area contributed by atoms with Gasteiger partial charge in [-0.05, 0) is 36.9 Å². The largest absolute Gasteiger partial charge is 0.493 e. The van der Waals surface area contributed by atoms with Gasteiger partial charge in [0.15, 0.2) is 11.5 Å². The van der Waals surface area contributed by atoms with Crippen molar-refractivity contribution in [2.45, 2.75) is 19.3 Å². The number of esters is 1. The predicted molar refractivity (Wildman–Crippen MR) is 158 cm³/mol. The molecule has 1 saturated heterocycles. The first-order chi connectivity index (χ1) is 19.9. The summed E-state index contributed by atoms with van der Waals surface area (Å²) in [6, 6.07) is 7.97. The van der Waals surface area contributed by atoms with Crippen molar-refractivity contribution in [1.29, 1.82) is 0 Å². The average Bonchev–Trinajstić information content (AvgIpc) is 2.99. The van der Waals surface area contributed by atoms with Crippen LogP contribution in [0.3, 0.4) is 0 Å². The Morgan fingerprint density at radius 1 is 1.10 bits per heavy atom. The van der Waals surface area contributed by atoms with Crippen molar-refractivity contribution in [2.24, 2.45) is 0 Å². The zero-order chi connectivity index (χ0) is 29.2. The van der Waals surface area contributed by atoms with Crippen molar-refractivity contribution >= 4 is 57.6 Å². The number of carbonyl (C=O) groups is 2. The maximum atomic E-state index is 13.6. The van der Waals surface area contributed by atoms with Gasteiger partial charge in [0.25, 0.3) is 0 Å². The number of hydrogen-bond donors (Lipinski definition) is 1. The normalized spacial score (nSPS) is 13.7. The zero-order valence-electron chi connectivity index (χ0n) is 23.0. The monoisotopic (exact) mass is 605 g/mol. The Bertz CT molecular complexity index is 1360. The summed E-state index contributed by atoms with van der Waals surface area (Å²) >= 11 is 7.35. The van der Waals surface area contributed by atoms with E-state index in [2.05, 4.69) is 20.2 Å². The van der Waals surface area contributed by atoms with Crippen LogP contribution in [0, 0.1) is 5.82 Å². The highest BCUT2D eigenvalue weighted by Gasteiger charge is 2.21. The minimum absolute atomic E-state index is 0.00998. The Hall–Kier alpha value is -3.35. The van der Waals surface area contributed by atoms with Crippen molar-refractivity contribution in [2.75, 3.05) is 64.0 Å². The first-order valence-electron chi connectivity index (χ1n) is 13.2. The number of amides is 1. The van der Waals surface area contributed by atoms with Gasteiger partial charge in [-0.1, -0.05) is 11.6 Å². The van der Waals surface area contributed by atoms with Crippen LogP contribution in [0.5, 0.6) is 11.5 Å². The van der Waals surface area contributed by atoms with Crippen LogP contribution in [0.2, 0.25) is 5.02 Å². The molecule has 0 saturated carbocycles. The van der Waals surface area contributed by atoms with Gasteiger partial charge in [0, 0.05) is 56.3 Å². The molecule has 0 unspecified atom stereocenters. The number of carbonyl (C=O) groups excluding carboxylic acids is 2. The molecule has 0 radical (unpaired) electrons. The van der Waals surface area contributed by atoms with Gasteiger partial charge >= 0.3 is 5.97 Å². The molecule has 10 nitrogen and oxygen atoms in total. The van der Waals surface area contributed by atoms with Crippen molar-refractivity contribution in [1.82, 2.24) is 19.8 Å². The summed E-state index contributed by atoms with van der Waals surface area (Å²) in [4.78, 5) is 36.9. The molecule has 2 aromatic carbocycles. The number of halogens is 2. The van der Waals surface area contributed by atoms with Gasteiger partial charge in [-0.3, -0.25) is 14.5 Å². The number of piperazine rings is 1. The Labute approximate surface area is 247 Å². The van der Waals surface area contributed by atoms with Crippen LogP contribution < -0.4 is 14.8 Å². The summed E-state index contributed by atoms with van der Waals surface area (Å²) in [5.74, 6) is 1.09. The number of methoxy groups -OCH3 is 1. The van der Waals surface area contributed by atoms with Crippen LogP contribution in [-0.2, 0) is 14.3 Å². The summed E-state index contributed by atoms with van der Waals surface area (Å²) < 4.78 is 30.2. The Balaban J connectivity index is 1.27. The van der Waals surface area contributed by atoms with E-state index in [4.69, 9.17) is 25.8 Å². The minimum Gasteiger partial charge on any atom is -0.493 e. The van der Waals surface area contributed by atoms with Gasteiger partial charge in [-0.15, -0.1) is 11.8 Å². The maximum absolute atomic E-state index is 13.6. The molecule has 1 aliphatic rings. The number of nitrogens with one attached hydrogen (secondary N) is 1. The van der Waals surface area contributed by atoms with Crippen molar-refractivity contribution < 1.29 is 28.2 Å². The second-order valence-corrected chi connectivity index (χ2v) is 10.6. The van der Waals surface area contributed by atoms with E-state index >= 15 is 0 Å². The van der Waals surface area contributed by atoms with Crippen molar-refractivity contribution in [3.05, 3.63) is 47.5 Å². The molecule has 2 heterocycles. The highest BCUT2D eigenvalue weighted by Crippen LogP contribution is 2.35. The van der Waals surface area contributed by atoms with E-state index in [1.807, 2.05) is 17.2 Å². The fourth-order valence-corrected chi connectivity index (χ4v) is 4.83. The average molecular weight is 606 g/mol. The summed E-state index contributed by atoms with van der Waals surface area (Å²) in [6.07, 6.45) is 4.35. The highest BCUT2D eigenvalue weighted by atomic mass is 35.5. The zero-order valence-corrected chi connectivity index (χ0v) is 24.6. The molecule has 1 N–H and O–H groups in total.